The number of nitrogens with one attached hydrogen (secondary N) is 1. The van der Waals surface area contributed by atoms with Crippen molar-refractivity contribution in [3.05, 3.63) is 41.1 Å². The Kier molecular flexibility index (Phi) is 4.65. The number of nitrogens with zero attached hydrogens (tertiary/aromatic N) is 2. The largest absolute Gasteiger partial charge is 0.469 e. The molecule has 0 saturated heterocycles. The normalized spacial score (nSPS) is 14.4. The molecule has 0 saturated carbocycles. The van der Waals surface area contributed by atoms with Gasteiger partial charge in [-0.25, -0.2) is 0 Å². The Hall–Kier alpha value is -1.55. The summed E-state index contributed by atoms with van der Waals surface area (Å²) >= 11 is 0. The van der Waals surface area contributed by atoms with Crippen LogP contribution >= 0.6 is 0 Å². The van der Waals surface area contributed by atoms with Gasteiger partial charge in [-0.3, -0.25) is 4.68 Å². The maximum Gasteiger partial charge on any atom is 0.103 e. The lowest BCUT2D eigenvalue weighted by atomic mass is 10.0. The summed E-state index contributed by atoms with van der Waals surface area (Å²) in [5.41, 5.74) is 3.67. The predicted molar refractivity (Wildman–Crippen MR) is 80.7 cm³/mol. The van der Waals surface area contributed by atoms with Crippen LogP contribution in [0.4, 0.5) is 0 Å². The molecular formula is C16H25N3O. The third kappa shape index (κ3) is 3.31. The minimum absolute atomic E-state index is 0.315. The van der Waals surface area contributed by atoms with Gasteiger partial charge < -0.3 is 9.73 Å². The average molecular weight is 275 g/mol. The standard InChI is InChI=1S/C16H25N3O/c1-11(8-9-15-7-6-10-20-15)17-12(2)16-13(3)18-19(5)14(16)4/h6-7,10-12,17H,8-9H2,1-5H3. The van der Waals surface area contributed by atoms with E-state index in [2.05, 4.69) is 38.1 Å². The summed E-state index contributed by atoms with van der Waals surface area (Å²) in [5.74, 6) is 1.06. The quantitative estimate of drug-likeness (QED) is 0.879. The van der Waals surface area contributed by atoms with E-state index in [1.165, 1.54) is 11.3 Å². The molecule has 0 amide bonds. The Labute approximate surface area is 121 Å². The average Bonchev–Trinajstić information content (AvgIpc) is 2.96. The fraction of sp³-hybridized carbons (Fsp3) is 0.562. The minimum atomic E-state index is 0.315. The maximum atomic E-state index is 5.37. The van der Waals surface area contributed by atoms with E-state index in [1.54, 1.807) is 6.26 Å². The van der Waals surface area contributed by atoms with E-state index in [9.17, 15) is 0 Å². The Morgan fingerprint density at radius 1 is 1.35 bits per heavy atom. The Bertz CT molecular complexity index is 542. The summed E-state index contributed by atoms with van der Waals surface area (Å²) in [6.45, 7) is 8.63. The van der Waals surface area contributed by atoms with Gasteiger partial charge in [0.1, 0.15) is 5.76 Å². The molecule has 0 aliphatic carbocycles. The van der Waals surface area contributed by atoms with Gasteiger partial charge in [0.15, 0.2) is 0 Å². The van der Waals surface area contributed by atoms with Crippen molar-refractivity contribution >= 4 is 0 Å². The second-order valence-corrected chi connectivity index (χ2v) is 5.62. The predicted octanol–water partition coefficient (Wildman–Crippen LogP) is 3.30. The van der Waals surface area contributed by atoms with Crippen LogP contribution in [0.1, 0.15) is 49.0 Å². The van der Waals surface area contributed by atoms with Crippen molar-refractivity contribution in [2.75, 3.05) is 0 Å². The van der Waals surface area contributed by atoms with Crippen LogP contribution in [0.2, 0.25) is 0 Å². The van der Waals surface area contributed by atoms with Crippen molar-refractivity contribution < 1.29 is 4.42 Å². The molecule has 1 N–H and O–H groups in total. The van der Waals surface area contributed by atoms with Gasteiger partial charge in [0.25, 0.3) is 0 Å². The monoisotopic (exact) mass is 275 g/mol. The van der Waals surface area contributed by atoms with Crippen LogP contribution in [0.5, 0.6) is 0 Å². The van der Waals surface area contributed by atoms with Crippen molar-refractivity contribution in [3.8, 4) is 0 Å². The highest BCUT2D eigenvalue weighted by Gasteiger charge is 2.17. The first kappa shape index (κ1) is 14.9. The first-order valence-electron chi connectivity index (χ1n) is 7.27. The molecule has 2 heterocycles. The highest BCUT2D eigenvalue weighted by molar-refractivity contribution is 5.27. The summed E-state index contributed by atoms with van der Waals surface area (Å²) in [4.78, 5) is 0. The van der Waals surface area contributed by atoms with E-state index in [1.807, 2.05) is 23.9 Å². The zero-order valence-corrected chi connectivity index (χ0v) is 13.1. The fourth-order valence-corrected chi connectivity index (χ4v) is 2.82. The van der Waals surface area contributed by atoms with Gasteiger partial charge >= 0.3 is 0 Å². The lowest BCUT2D eigenvalue weighted by Crippen LogP contribution is -2.30. The lowest BCUT2D eigenvalue weighted by molar-refractivity contribution is 0.429. The highest BCUT2D eigenvalue weighted by Crippen LogP contribution is 2.21. The Balaban J connectivity index is 1.91. The molecule has 0 spiro atoms. The molecule has 0 bridgehead atoms. The summed E-state index contributed by atoms with van der Waals surface area (Å²) in [6, 6.07) is 4.73. The molecule has 2 unspecified atom stereocenters. The van der Waals surface area contributed by atoms with Crippen LogP contribution in [0.25, 0.3) is 0 Å². The zero-order chi connectivity index (χ0) is 14.7. The lowest BCUT2D eigenvalue weighted by Gasteiger charge is -2.20. The fourth-order valence-electron chi connectivity index (χ4n) is 2.82. The highest BCUT2D eigenvalue weighted by atomic mass is 16.3. The number of rotatable bonds is 6. The molecule has 2 atom stereocenters. The molecule has 0 aliphatic rings. The first-order chi connectivity index (χ1) is 9.49. The SMILES string of the molecule is Cc1nn(C)c(C)c1C(C)NC(C)CCc1ccco1. The van der Waals surface area contributed by atoms with Gasteiger partial charge in [-0.2, -0.15) is 5.10 Å². The number of hydrogen-bond donors (Lipinski definition) is 1. The third-order valence-corrected chi connectivity index (χ3v) is 3.94. The van der Waals surface area contributed by atoms with E-state index < -0.39 is 0 Å². The van der Waals surface area contributed by atoms with Crippen LogP contribution in [0, 0.1) is 13.8 Å². The molecule has 2 aromatic heterocycles. The molecule has 20 heavy (non-hydrogen) atoms. The van der Waals surface area contributed by atoms with E-state index >= 15 is 0 Å². The van der Waals surface area contributed by atoms with Crippen LogP contribution < -0.4 is 5.32 Å². The maximum absolute atomic E-state index is 5.37. The van der Waals surface area contributed by atoms with Crippen molar-refractivity contribution in [1.29, 1.82) is 0 Å². The number of furan rings is 1. The van der Waals surface area contributed by atoms with Crippen molar-refractivity contribution in [2.45, 2.75) is 52.6 Å². The summed E-state index contributed by atoms with van der Waals surface area (Å²) < 4.78 is 7.33. The molecule has 0 radical (unpaired) electrons. The Morgan fingerprint density at radius 2 is 2.10 bits per heavy atom. The number of aryl methyl sites for hydroxylation is 3. The molecular weight excluding hydrogens is 250 g/mol. The third-order valence-electron chi connectivity index (χ3n) is 3.94. The van der Waals surface area contributed by atoms with Crippen LogP contribution in [-0.4, -0.2) is 15.8 Å². The molecule has 2 aromatic rings. The number of hydrogen-bond acceptors (Lipinski definition) is 3. The van der Waals surface area contributed by atoms with Crippen LogP contribution in [0.15, 0.2) is 22.8 Å². The van der Waals surface area contributed by atoms with Crippen molar-refractivity contribution in [1.82, 2.24) is 15.1 Å². The van der Waals surface area contributed by atoms with E-state index in [0.717, 1.165) is 24.3 Å². The topological polar surface area (TPSA) is 43.0 Å². The summed E-state index contributed by atoms with van der Waals surface area (Å²) in [5, 5.41) is 8.15. The van der Waals surface area contributed by atoms with Gasteiger partial charge in [0, 0.05) is 36.8 Å². The van der Waals surface area contributed by atoms with Crippen molar-refractivity contribution in [3.63, 3.8) is 0 Å². The van der Waals surface area contributed by atoms with Crippen molar-refractivity contribution in [2.24, 2.45) is 7.05 Å². The molecule has 0 aromatic carbocycles. The zero-order valence-electron chi connectivity index (χ0n) is 13.1. The van der Waals surface area contributed by atoms with Gasteiger partial charge in [-0.05, 0) is 46.2 Å². The van der Waals surface area contributed by atoms with E-state index in [4.69, 9.17) is 4.42 Å². The molecule has 0 fully saturated rings. The smallest absolute Gasteiger partial charge is 0.103 e. The van der Waals surface area contributed by atoms with Gasteiger partial charge in [-0.15, -0.1) is 0 Å². The first-order valence-corrected chi connectivity index (χ1v) is 7.27. The summed E-state index contributed by atoms with van der Waals surface area (Å²) in [6.07, 6.45) is 3.77. The molecule has 4 nitrogen and oxygen atoms in total. The molecule has 2 rings (SSSR count). The van der Waals surface area contributed by atoms with Crippen LogP contribution in [0.3, 0.4) is 0 Å². The minimum Gasteiger partial charge on any atom is -0.469 e. The summed E-state index contributed by atoms with van der Waals surface area (Å²) in [7, 11) is 2.00. The Morgan fingerprint density at radius 3 is 2.65 bits per heavy atom. The van der Waals surface area contributed by atoms with E-state index in [0.29, 0.717) is 12.1 Å². The van der Waals surface area contributed by atoms with Gasteiger partial charge in [0.05, 0.1) is 12.0 Å². The second-order valence-electron chi connectivity index (χ2n) is 5.62. The molecule has 0 aliphatic heterocycles. The second kappa shape index (κ2) is 6.27. The number of aromatic nitrogens is 2. The van der Waals surface area contributed by atoms with Gasteiger partial charge in [0.2, 0.25) is 0 Å². The van der Waals surface area contributed by atoms with Gasteiger partial charge in [-0.1, -0.05) is 0 Å². The molecule has 110 valence electrons. The van der Waals surface area contributed by atoms with Crippen LogP contribution in [-0.2, 0) is 13.5 Å². The van der Waals surface area contributed by atoms with E-state index in [-0.39, 0.29) is 0 Å². The molecule has 4 heteroatoms.